The van der Waals surface area contributed by atoms with Crippen molar-refractivity contribution in [1.82, 2.24) is 20.6 Å². The Morgan fingerprint density at radius 1 is 1.29 bits per heavy atom. The van der Waals surface area contributed by atoms with Crippen LogP contribution in [0.15, 0.2) is 24.3 Å². The molecule has 2 N–H and O–H groups in total. The average Bonchev–Trinajstić information content (AvgIpc) is 2.89. The summed E-state index contributed by atoms with van der Waals surface area (Å²) in [7, 11) is 0. The van der Waals surface area contributed by atoms with E-state index in [4.69, 9.17) is 11.6 Å². The number of nitrogens with zero attached hydrogens (tertiary/aromatic N) is 3. The molecule has 126 valence electrons. The number of carbonyl (C=O) groups is 2. The van der Waals surface area contributed by atoms with Gasteiger partial charge >= 0.3 is 5.69 Å². The largest absolute Gasteiger partial charge is 0.322 e. The molecule has 1 aromatic heterocycles. The molecule has 0 atom stereocenters. The van der Waals surface area contributed by atoms with Gasteiger partial charge in [-0.25, -0.2) is 0 Å². The first-order valence-electron chi connectivity index (χ1n) is 6.93. The van der Waals surface area contributed by atoms with Gasteiger partial charge in [0, 0.05) is 6.54 Å². The molecule has 1 heterocycles. The van der Waals surface area contributed by atoms with E-state index in [1.54, 1.807) is 19.1 Å². The second kappa shape index (κ2) is 7.09. The number of halogens is 1. The van der Waals surface area contributed by atoms with E-state index in [0.717, 1.165) is 0 Å². The molecular formula is C14H14ClN5O4. The number of amides is 2. The van der Waals surface area contributed by atoms with E-state index in [1.165, 1.54) is 23.7 Å². The van der Waals surface area contributed by atoms with Crippen molar-refractivity contribution in [2.45, 2.75) is 20.4 Å². The zero-order valence-electron chi connectivity index (χ0n) is 12.9. The molecule has 0 aliphatic rings. The van der Waals surface area contributed by atoms with Crippen molar-refractivity contribution >= 4 is 29.1 Å². The van der Waals surface area contributed by atoms with Crippen molar-refractivity contribution in [3.8, 4) is 0 Å². The van der Waals surface area contributed by atoms with Crippen molar-refractivity contribution in [3.63, 3.8) is 0 Å². The monoisotopic (exact) mass is 351 g/mol. The number of hydrazine groups is 1. The van der Waals surface area contributed by atoms with Crippen LogP contribution in [0.3, 0.4) is 0 Å². The zero-order chi connectivity index (χ0) is 17.9. The van der Waals surface area contributed by atoms with Gasteiger partial charge in [0.05, 0.1) is 15.5 Å². The van der Waals surface area contributed by atoms with Gasteiger partial charge in [0.25, 0.3) is 11.8 Å². The summed E-state index contributed by atoms with van der Waals surface area (Å²) in [5.41, 5.74) is 3.96. The molecular weight excluding hydrogens is 338 g/mol. The second-order valence-electron chi connectivity index (χ2n) is 4.74. The molecule has 0 bridgehead atoms. The Labute approximate surface area is 141 Å². The summed E-state index contributed by atoms with van der Waals surface area (Å²) < 4.78 is 1.20. The quantitative estimate of drug-likeness (QED) is 0.643. The van der Waals surface area contributed by atoms with E-state index in [1.807, 2.05) is 0 Å². The van der Waals surface area contributed by atoms with Crippen molar-refractivity contribution in [2.24, 2.45) is 0 Å². The lowest BCUT2D eigenvalue weighted by atomic mass is 10.2. The first-order chi connectivity index (χ1) is 11.4. The molecule has 2 rings (SSSR count). The molecule has 0 radical (unpaired) electrons. The molecule has 2 amide bonds. The van der Waals surface area contributed by atoms with Gasteiger partial charge in [-0.15, -0.1) is 0 Å². The maximum atomic E-state index is 12.3. The van der Waals surface area contributed by atoms with Crippen LogP contribution in [0.2, 0.25) is 5.02 Å². The number of nitro groups is 1. The molecule has 9 nitrogen and oxygen atoms in total. The minimum Gasteiger partial charge on any atom is -0.267 e. The third-order valence-corrected chi connectivity index (χ3v) is 3.53. The molecule has 0 aliphatic heterocycles. The molecule has 2 aromatic rings. The van der Waals surface area contributed by atoms with Crippen LogP contribution in [0.4, 0.5) is 5.69 Å². The van der Waals surface area contributed by atoms with E-state index in [9.17, 15) is 19.7 Å². The standard InChI is InChI=1S/C14H14ClN5O4/c1-3-19-12(11(20(23)24)8(2)18-19)14(22)17-16-13(21)9-6-4-5-7-10(9)15/h4-7H,3H2,1-2H3,(H,16,21)(H,17,22). The number of aryl methyl sites for hydroxylation is 2. The van der Waals surface area contributed by atoms with Crippen LogP contribution in [0.25, 0.3) is 0 Å². The number of carbonyl (C=O) groups excluding carboxylic acids is 2. The van der Waals surface area contributed by atoms with Crippen molar-refractivity contribution in [3.05, 3.63) is 56.4 Å². The van der Waals surface area contributed by atoms with Crippen LogP contribution in [0.1, 0.15) is 33.5 Å². The first-order valence-corrected chi connectivity index (χ1v) is 7.31. The van der Waals surface area contributed by atoms with Crippen LogP contribution in [-0.4, -0.2) is 26.5 Å². The van der Waals surface area contributed by atoms with Gasteiger partial charge in [-0.05, 0) is 26.0 Å². The zero-order valence-corrected chi connectivity index (χ0v) is 13.6. The molecule has 1 aromatic carbocycles. The molecule has 0 unspecified atom stereocenters. The molecule has 0 fully saturated rings. The highest BCUT2D eigenvalue weighted by atomic mass is 35.5. The third kappa shape index (κ3) is 3.35. The van der Waals surface area contributed by atoms with Gasteiger partial charge in [-0.2, -0.15) is 5.10 Å². The van der Waals surface area contributed by atoms with Gasteiger partial charge in [0.15, 0.2) is 0 Å². The fourth-order valence-electron chi connectivity index (χ4n) is 2.13. The van der Waals surface area contributed by atoms with Gasteiger partial charge in [0.2, 0.25) is 5.69 Å². The highest BCUT2D eigenvalue weighted by molar-refractivity contribution is 6.33. The Hall–Kier alpha value is -2.94. The van der Waals surface area contributed by atoms with Crippen LogP contribution in [0, 0.1) is 17.0 Å². The van der Waals surface area contributed by atoms with Crippen LogP contribution in [-0.2, 0) is 6.54 Å². The maximum Gasteiger partial charge on any atom is 0.322 e. The summed E-state index contributed by atoms with van der Waals surface area (Å²) >= 11 is 5.89. The Kier molecular flexibility index (Phi) is 5.14. The molecule has 0 aliphatic carbocycles. The summed E-state index contributed by atoms with van der Waals surface area (Å²) in [6.07, 6.45) is 0. The predicted octanol–water partition coefficient (Wildman–Crippen LogP) is 1.85. The van der Waals surface area contributed by atoms with E-state index >= 15 is 0 Å². The Balaban J connectivity index is 2.21. The molecule has 0 saturated heterocycles. The molecule has 0 saturated carbocycles. The third-order valence-electron chi connectivity index (χ3n) is 3.20. The lowest BCUT2D eigenvalue weighted by molar-refractivity contribution is -0.385. The number of hydrogen-bond donors (Lipinski definition) is 2. The van der Waals surface area contributed by atoms with Gasteiger partial charge in [0.1, 0.15) is 5.69 Å². The fraction of sp³-hybridized carbons (Fsp3) is 0.214. The fourth-order valence-corrected chi connectivity index (χ4v) is 2.35. The van der Waals surface area contributed by atoms with Crippen LogP contribution < -0.4 is 10.9 Å². The van der Waals surface area contributed by atoms with Gasteiger partial charge in [-0.1, -0.05) is 23.7 Å². The summed E-state index contributed by atoms with van der Waals surface area (Å²) in [6, 6.07) is 6.28. The smallest absolute Gasteiger partial charge is 0.267 e. The van der Waals surface area contributed by atoms with Gasteiger partial charge < -0.3 is 0 Å². The minimum atomic E-state index is -0.843. The van der Waals surface area contributed by atoms with Crippen molar-refractivity contribution in [1.29, 1.82) is 0 Å². The average molecular weight is 352 g/mol. The number of aromatic nitrogens is 2. The summed E-state index contributed by atoms with van der Waals surface area (Å²) in [5.74, 6) is -1.49. The van der Waals surface area contributed by atoms with Crippen molar-refractivity contribution < 1.29 is 14.5 Å². The Morgan fingerprint density at radius 3 is 2.50 bits per heavy atom. The number of hydrogen-bond acceptors (Lipinski definition) is 5. The minimum absolute atomic E-state index is 0.115. The number of nitrogens with one attached hydrogen (secondary N) is 2. The van der Waals surface area contributed by atoms with Crippen LogP contribution >= 0.6 is 11.6 Å². The Bertz CT molecular complexity index is 817. The number of rotatable bonds is 4. The molecule has 10 heteroatoms. The molecule has 24 heavy (non-hydrogen) atoms. The summed E-state index contributed by atoms with van der Waals surface area (Å²) in [4.78, 5) is 34.7. The lowest BCUT2D eigenvalue weighted by Gasteiger charge is -2.09. The highest BCUT2D eigenvalue weighted by Crippen LogP contribution is 2.22. The lowest BCUT2D eigenvalue weighted by Crippen LogP contribution is -2.42. The van der Waals surface area contributed by atoms with E-state index in [0.29, 0.717) is 0 Å². The summed E-state index contributed by atoms with van der Waals surface area (Å²) in [5, 5.41) is 15.3. The van der Waals surface area contributed by atoms with Crippen molar-refractivity contribution in [2.75, 3.05) is 0 Å². The van der Waals surface area contributed by atoms with E-state index < -0.39 is 22.4 Å². The topological polar surface area (TPSA) is 119 Å². The number of benzene rings is 1. The highest BCUT2D eigenvalue weighted by Gasteiger charge is 2.30. The molecule has 0 spiro atoms. The van der Waals surface area contributed by atoms with E-state index in [2.05, 4.69) is 16.0 Å². The predicted molar refractivity (Wildman–Crippen MR) is 85.7 cm³/mol. The normalized spacial score (nSPS) is 10.3. The SMILES string of the molecule is CCn1nc(C)c([N+](=O)[O-])c1C(=O)NNC(=O)c1ccccc1Cl. The van der Waals surface area contributed by atoms with Crippen LogP contribution in [0.5, 0.6) is 0 Å². The maximum absolute atomic E-state index is 12.3. The second-order valence-corrected chi connectivity index (χ2v) is 5.15. The summed E-state index contributed by atoms with van der Waals surface area (Å²) in [6.45, 7) is 3.38. The van der Waals surface area contributed by atoms with Gasteiger partial charge in [-0.3, -0.25) is 35.2 Å². The van der Waals surface area contributed by atoms with E-state index in [-0.39, 0.29) is 28.5 Å². The Morgan fingerprint density at radius 2 is 1.92 bits per heavy atom. The first kappa shape index (κ1) is 17.4.